The predicted octanol–water partition coefficient (Wildman–Crippen LogP) is 3.50. The molecule has 3 nitrogen and oxygen atoms in total. The van der Waals surface area contributed by atoms with Crippen molar-refractivity contribution in [2.75, 3.05) is 5.32 Å². The third-order valence-electron chi connectivity index (χ3n) is 3.39. The van der Waals surface area contributed by atoms with Crippen LogP contribution < -0.4 is 5.32 Å². The van der Waals surface area contributed by atoms with E-state index in [0.717, 1.165) is 31.6 Å². The van der Waals surface area contributed by atoms with Gasteiger partial charge in [-0.3, -0.25) is 4.79 Å². The maximum atomic E-state index is 12.0. The molecule has 92 valence electrons. The minimum absolute atomic E-state index is 0.0532. The minimum Gasteiger partial charge on any atom is -0.309 e. The van der Waals surface area contributed by atoms with Crippen molar-refractivity contribution in [3.05, 3.63) is 23.4 Å². The van der Waals surface area contributed by atoms with Gasteiger partial charge in [0, 0.05) is 12.1 Å². The van der Waals surface area contributed by atoms with Crippen molar-refractivity contribution in [3.8, 4) is 0 Å². The van der Waals surface area contributed by atoms with E-state index in [1.807, 2.05) is 0 Å². The van der Waals surface area contributed by atoms with Gasteiger partial charge < -0.3 is 5.32 Å². The second-order valence-electron chi connectivity index (χ2n) is 4.78. The first-order valence-corrected chi connectivity index (χ1v) is 6.46. The van der Waals surface area contributed by atoms with Crippen LogP contribution in [0, 0.1) is 11.8 Å². The number of rotatable bonds is 2. The summed E-state index contributed by atoms with van der Waals surface area (Å²) in [6, 6.07) is 3.48. The summed E-state index contributed by atoms with van der Waals surface area (Å²) >= 11 is 5.95. The summed E-state index contributed by atoms with van der Waals surface area (Å²) in [5.41, 5.74) is 0. The number of nitrogens with one attached hydrogen (secondary N) is 1. The number of nitrogens with zero attached hydrogens (tertiary/aromatic N) is 1. The van der Waals surface area contributed by atoms with Crippen LogP contribution in [0.25, 0.3) is 0 Å². The van der Waals surface area contributed by atoms with Crippen molar-refractivity contribution in [2.45, 2.75) is 32.6 Å². The molecule has 1 N–H and O–H groups in total. The number of carbonyl (C=O) groups is 1. The Hall–Kier alpha value is -1.09. The summed E-state index contributed by atoms with van der Waals surface area (Å²) in [6.45, 7) is 2.24. The SMILES string of the molecule is CC1CCC(C(=O)Nc2ncccc2Cl)CC1. The Bertz CT molecular complexity index is 400. The molecule has 2 rings (SSSR count). The van der Waals surface area contributed by atoms with E-state index in [-0.39, 0.29) is 11.8 Å². The molecule has 1 aliphatic carbocycles. The molecule has 1 aliphatic rings. The van der Waals surface area contributed by atoms with Gasteiger partial charge in [-0.2, -0.15) is 0 Å². The van der Waals surface area contributed by atoms with Crippen molar-refractivity contribution in [1.82, 2.24) is 4.98 Å². The summed E-state index contributed by atoms with van der Waals surface area (Å²) in [5, 5.41) is 3.30. The fraction of sp³-hybridized carbons (Fsp3) is 0.538. The molecule has 1 saturated carbocycles. The predicted molar refractivity (Wildman–Crippen MR) is 69.0 cm³/mol. The van der Waals surface area contributed by atoms with Crippen LogP contribution in [0.4, 0.5) is 5.82 Å². The smallest absolute Gasteiger partial charge is 0.228 e. The fourth-order valence-electron chi connectivity index (χ4n) is 2.22. The van der Waals surface area contributed by atoms with Gasteiger partial charge in [-0.25, -0.2) is 4.98 Å². The Morgan fingerprint density at radius 2 is 2.12 bits per heavy atom. The number of amides is 1. The quantitative estimate of drug-likeness (QED) is 0.875. The number of pyridine rings is 1. The summed E-state index contributed by atoms with van der Waals surface area (Å²) < 4.78 is 0. The third kappa shape index (κ3) is 3.19. The van der Waals surface area contributed by atoms with Gasteiger partial charge in [0.1, 0.15) is 0 Å². The summed E-state index contributed by atoms with van der Waals surface area (Å²) in [7, 11) is 0. The molecular formula is C13H17ClN2O. The Labute approximate surface area is 107 Å². The molecule has 0 saturated heterocycles. The zero-order valence-corrected chi connectivity index (χ0v) is 10.7. The van der Waals surface area contributed by atoms with Crippen molar-refractivity contribution < 1.29 is 4.79 Å². The number of halogens is 1. The molecule has 0 radical (unpaired) electrons. The second kappa shape index (κ2) is 5.50. The molecule has 17 heavy (non-hydrogen) atoms. The molecule has 1 fully saturated rings. The maximum Gasteiger partial charge on any atom is 0.228 e. The summed E-state index contributed by atoms with van der Waals surface area (Å²) in [6.07, 6.45) is 5.83. The molecule has 0 aliphatic heterocycles. The van der Waals surface area contributed by atoms with Crippen LogP contribution in [-0.4, -0.2) is 10.9 Å². The van der Waals surface area contributed by atoms with Gasteiger partial charge in [-0.15, -0.1) is 0 Å². The Balaban J connectivity index is 1.95. The summed E-state index contributed by atoms with van der Waals surface area (Å²) in [4.78, 5) is 16.1. The first-order valence-electron chi connectivity index (χ1n) is 6.08. The molecule has 1 amide bonds. The van der Waals surface area contributed by atoms with E-state index in [9.17, 15) is 4.79 Å². The Kier molecular flexibility index (Phi) is 4.00. The number of hydrogen-bond donors (Lipinski definition) is 1. The first-order chi connectivity index (χ1) is 8.16. The summed E-state index contributed by atoms with van der Waals surface area (Å²) in [5.74, 6) is 1.39. The van der Waals surface area contributed by atoms with Crippen LogP contribution in [-0.2, 0) is 4.79 Å². The minimum atomic E-state index is 0.0532. The van der Waals surface area contributed by atoms with E-state index < -0.39 is 0 Å². The average molecular weight is 253 g/mol. The van der Waals surface area contributed by atoms with Crippen molar-refractivity contribution in [2.24, 2.45) is 11.8 Å². The zero-order chi connectivity index (χ0) is 12.3. The molecule has 0 aromatic carbocycles. The normalized spacial score (nSPS) is 24.4. The van der Waals surface area contributed by atoms with Crippen molar-refractivity contribution in [1.29, 1.82) is 0 Å². The highest BCUT2D eigenvalue weighted by atomic mass is 35.5. The Morgan fingerprint density at radius 3 is 2.76 bits per heavy atom. The zero-order valence-electron chi connectivity index (χ0n) is 9.95. The first kappa shape index (κ1) is 12.4. The standard InChI is InChI=1S/C13H17ClN2O/c1-9-4-6-10(7-5-9)13(17)16-12-11(14)3-2-8-15-12/h2-3,8-10H,4-7H2,1H3,(H,15,16,17). The van der Waals surface area contributed by atoms with Crippen LogP contribution in [0.3, 0.4) is 0 Å². The number of aromatic nitrogens is 1. The van der Waals surface area contributed by atoms with E-state index in [4.69, 9.17) is 11.6 Å². The molecule has 1 aromatic heterocycles. The highest BCUT2D eigenvalue weighted by molar-refractivity contribution is 6.33. The molecule has 0 spiro atoms. The molecular weight excluding hydrogens is 236 g/mol. The van der Waals surface area contributed by atoms with Gasteiger partial charge in [-0.05, 0) is 43.7 Å². The topological polar surface area (TPSA) is 42.0 Å². The lowest BCUT2D eigenvalue weighted by molar-refractivity contribution is -0.121. The van der Waals surface area contributed by atoms with Gasteiger partial charge in [0.15, 0.2) is 5.82 Å². The number of hydrogen-bond acceptors (Lipinski definition) is 2. The lowest BCUT2D eigenvalue weighted by atomic mass is 9.82. The fourth-order valence-corrected chi connectivity index (χ4v) is 2.39. The van der Waals surface area contributed by atoms with Crippen molar-refractivity contribution in [3.63, 3.8) is 0 Å². The molecule has 1 aromatic rings. The third-order valence-corrected chi connectivity index (χ3v) is 3.69. The molecule has 0 bridgehead atoms. The molecule has 0 atom stereocenters. The largest absolute Gasteiger partial charge is 0.309 e. The van der Waals surface area contributed by atoms with Crippen LogP contribution in [0.2, 0.25) is 5.02 Å². The van der Waals surface area contributed by atoms with E-state index in [1.54, 1.807) is 18.3 Å². The van der Waals surface area contributed by atoms with Gasteiger partial charge in [0.25, 0.3) is 0 Å². The number of anilines is 1. The van der Waals surface area contributed by atoms with E-state index in [0.29, 0.717) is 10.8 Å². The van der Waals surface area contributed by atoms with E-state index in [1.165, 1.54) is 0 Å². The van der Waals surface area contributed by atoms with Gasteiger partial charge in [-0.1, -0.05) is 18.5 Å². The lowest BCUT2D eigenvalue weighted by Gasteiger charge is -2.25. The highest BCUT2D eigenvalue weighted by Crippen LogP contribution is 2.29. The number of carbonyl (C=O) groups excluding carboxylic acids is 1. The maximum absolute atomic E-state index is 12.0. The molecule has 1 heterocycles. The molecule has 0 unspecified atom stereocenters. The monoisotopic (exact) mass is 252 g/mol. The second-order valence-corrected chi connectivity index (χ2v) is 5.19. The van der Waals surface area contributed by atoms with Crippen LogP contribution in [0.1, 0.15) is 32.6 Å². The average Bonchev–Trinajstić information content (AvgIpc) is 2.33. The van der Waals surface area contributed by atoms with Crippen molar-refractivity contribution >= 4 is 23.3 Å². The van der Waals surface area contributed by atoms with Crippen LogP contribution in [0.15, 0.2) is 18.3 Å². The van der Waals surface area contributed by atoms with Gasteiger partial charge in [0.2, 0.25) is 5.91 Å². The van der Waals surface area contributed by atoms with Gasteiger partial charge >= 0.3 is 0 Å². The van der Waals surface area contributed by atoms with Crippen LogP contribution >= 0.6 is 11.6 Å². The molecule has 4 heteroatoms. The highest BCUT2D eigenvalue weighted by Gasteiger charge is 2.24. The Morgan fingerprint density at radius 1 is 1.41 bits per heavy atom. The van der Waals surface area contributed by atoms with E-state index >= 15 is 0 Å². The van der Waals surface area contributed by atoms with Gasteiger partial charge in [0.05, 0.1) is 5.02 Å². The lowest BCUT2D eigenvalue weighted by Crippen LogP contribution is -2.27. The van der Waals surface area contributed by atoms with E-state index in [2.05, 4.69) is 17.2 Å². The van der Waals surface area contributed by atoms with Crippen LogP contribution in [0.5, 0.6) is 0 Å².